The number of benzene rings is 2. The van der Waals surface area contributed by atoms with Crippen molar-refractivity contribution >= 4 is 27.5 Å². The summed E-state index contributed by atoms with van der Waals surface area (Å²) in [6, 6.07) is 14.9. The van der Waals surface area contributed by atoms with Gasteiger partial charge in [-0.1, -0.05) is 34.1 Å². The molecule has 2 aromatic rings. The lowest BCUT2D eigenvalue weighted by atomic mass is 10.1. The summed E-state index contributed by atoms with van der Waals surface area (Å²) >= 11 is 3.31. The minimum atomic E-state index is -0.487. The van der Waals surface area contributed by atoms with Crippen LogP contribution < -0.4 is 4.90 Å². The quantitative estimate of drug-likeness (QED) is 0.834. The molecule has 0 N–H and O–H groups in total. The highest BCUT2D eigenvalue weighted by Gasteiger charge is 2.20. The van der Waals surface area contributed by atoms with Gasteiger partial charge in [-0.3, -0.25) is 4.79 Å². The predicted molar refractivity (Wildman–Crippen MR) is 82.4 cm³/mol. The number of rotatable bonds is 4. The van der Waals surface area contributed by atoms with E-state index >= 15 is 0 Å². The van der Waals surface area contributed by atoms with E-state index in [1.54, 1.807) is 36.4 Å². The summed E-state index contributed by atoms with van der Waals surface area (Å²) in [5.74, 6) is -0.824. The van der Waals surface area contributed by atoms with Crippen molar-refractivity contribution in [2.24, 2.45) is 0 Å². The molecular formula is C16H12BrFN2O. The monoisotopic (exact) mass is 346 g/mol. The largest absolute Gasteiger partial charge is 0.304 e. The van der Waals surface area contributed by atoms with Gasteiger partial charge in [0.25, 0.3) is 5.91 Å². The van der Waals surface area contributed by atoms with Crippen molar-refractivity contribution in [2.45, 2.75) is 6.42 Å². The zero-order valence-electron chi connectivity index (χ0n) is 11.1. The van der Waals surface area contributed by atoms with Crippen molar-refractivity contribution in [3.05, 3.63) is 64.4 Å². The molecule has 0 unspecified atom stereocenters. The second-order valence-corrected chi connectivity index (χ2v) is 5.24. The topological polar surface area (TPSA) is 44.1 Å². The Bertz CT molecular complexity index is 697. The van der Waals surface area contributed by atoms with Crippen LogP contribution in [-0.4, -0.2) is 12.5 Å². The molecule has 0 atom stereocenters. The maximum Gasteiger partial charge on any atom is 0.258 e. The van der Waals surface area contributed by atoms with Crippen LogP contribution in [0.15, 0.2) is 53.0 Å². The van der Waals surface area contributed by atoms with E-state index in [1.165, 1.54) is 17.0 Å². The molecular weight excluding hydrogens is 335 g/mol. The molecule has 1 amide bonds. The molecule has 0 aliphatic carbocycles. The third-order valence-corrected chi connectivity index (χ3v) is 3.40. The Hall–Kier alpha value is -2.19. The molecule has 106 valence electrons. The van der Waals surface area contributed by atoms with Crippen molar-refractivity contribution < 1.29 is 9.18 Å². The zero-order chi connectivity index (χ0) is 15.2. The summed E-state index contributed by atoms with van der Waals surface area (Å²) in [4.78, 5) is 13.9. The van der Waals surface area contributed by atoms with E-state index in [0.717, 1.165) is 4.47 Å². The molecule has 0 heterocycles. The second kappa shape index (κ2) is 7.00. The highest BCUT2D eigenvalue weighted by molar-refractivity contribution is 9.10. The fourth-order valence-electron chi connectivity index (χ4n) is 1.94. The zero-order valence-corrected chi connectivity index (χ0v) is 12.7. The highest BCUT2D eigenvalue weighted by Crippen LogP contribution is 2.22. The van der Waals surface area contributed by atoms with Crippen LogP contribution in [0.1, 0.15) is 16.8 Å². The van der Waals surface area contributed by atoms with Crippen LogP contribution in [0.4, 0.5) is 10.1 Å². The molecule has 0 aliphatic rings. The SMILES string of the molecule is N#CCCN(C(=O)c1cccc(Br)c1)c1ccccc1F. The molecule has 21 heavy (non-hydrogen) atoms. The van der Waals surface area contributed by atoms with E-state index in [9.17, 15) is 9.18 Å². The van der Waals surface area contributed by atoms with Crippen LogP contribution in [0.3, 0.4) is 0 Å². The number of carbonyl (C=O) groups is 1. The highest BCUT2D eigenvalue weighted by atomic mass is 79.9. The maximum atomic E-state index is 13.9. The normalized spacial score (nSPS) is 9.95. The van der Waals surface area contributed by atoms with Crippen LogP contribution in [0, 0.1) is 17.1 Å². The van der Waals surface area contributed by atoms with Gasteiger partial charge in [-0.25, -0.2) is 4.39 Å². The average Bonchev–Trinajstić information content (AvgIpc) is 2.49. The first kappa shape index (κ1) is 15.2. The van der Waals surface area contributed by atoms with Gasteiger partial charge in [0.2, 0.25) is 0 Å². The first-order valence-corrected chi connectivity index (χ1v) is 7.11. The lowest BCUT2D eigenvalue weighted by molar-refractivity contribution is 0.0986. The Morgan fingerprint density at radius 1 is 1.24 bits per heavy atom. The average molecular weight is 347 g/mol. The van der Waals surface area contributed by atoms with E-state index in [4.69, 9.17) is 5.26 Å². The van der Waals surface area contributed by atoms with Crippen molar-refractivity contribution in [2.75, 3.05) is 11.4 Å². The Labute approximate surface area is 130 Å². The van der Waals surface area contributed by atoms with Gasteiger partial charge in [0.1, 0.15) is 5.82 Å². The summed E-state index contributed by atoms with van der Waals surface area (Å²) in [6.07, 6.45) is 0.133. The van der Waals surface area contributed by atoms with E-state index in [1.807, 2.05) is 6.07 Å². The van der Waals surface area contributed by atoms with Crippen LogP contribution in [0.2, 0.25) is 0 Å². The molecule has 5 heteroatoms. The van der Waals surface area contributed by atoms with Crippen molar-refractivity contribution in [3.8, 4) is 6.07 Å². The molecule has 0 spiro atoms. The van der Waals surface area contributed by atoms with Crippen molar-refractivity contribution in [1.29, 1.82) is 5.26 Å². The summed E-state index contributed by atoms with van der Waals surface area (Å²) in [7, 11) is 0. The number of nitrogens with zero attached hydrogens (tertiary/aromatic N) is 2. The van der Waals surface area contributed by atoms with Gasteiger partial charge in [-0.05, 0) is 30.3 Å². The molecule has 0 aromatic heterocycles. The summed E-state index contributed by atoms with van der Waals surface area (Å²) in [5.41, 5.74) is 0.614. The Morgan fingerprint density at radius 2 is 2.00 bits per heavy atom. The van der Waals surface area contributed by atoms with Gasteiger partial charge in [0.05, 0.1) is 18.2 Å². The lowest BCUT2D eigenvalue weighted by Gasteiger charge is -2.22. The minimum Gasteiger partial charge on any atom is -0.304 e. The molecule has 0 saturated heterocycles. The van der Waals surface area contributed by atoms with Gasteiger partial charge < -0.3 is 4.90 Å². The smallest absolute Gasteiger partial charge is 0.258 e. The number of nitriles is 1. The fraction of sp³-hybridized carbons (Fsp3) is 0.125. The lowest BCUT2D eigenvalue weighted by Crippen LogP contribution is -2.32. The standard InChI is InChI=1S/C16H12BrFN2O/c17-13-6-3-5-12(11-13)16(21)20(10-4-9-19)15-8-2-1-7-14(15)18/h1-3,5-8,11H,4,10H2. The number of amides is 1. The van der Waals surface area contributed by atoms with Gasteiger partial charge in [-0.2, -0.15) is 5.26 Å². The third kappa shape index (κ3) is 3.67. The maximum absolute atomic E-state index is 13.9. The summed E-state index contributed by atoms with van der Waals surface area (Å²) in [6.45, 7) is 0.142. The number of carbonyl (C=O) groups excluding carboxylic acids is 1. The molecule has 2 rings (SSSR count). The molecule has 3 nitrogen and oxygen atoms in total. The van der Waals surface area contributed by atoms with E-state index in [2.05, 4.69) is 15.9 Å². The van der Waals surface area contributed by atoms with Crippen LogP contribution in [0.5, 0.6) is 0 Å². The molecule has 2 aromatic carbocycles. The molecule has 0 radical (unpaired) electrons. The molecule has 0 bridgehead atoms. The minimum absolute atomic E-state index is 0.133. The van der Waals surface area contributed by atoms with Crippen LogP contribution >= 0.6 is 15.9 Å². The van der Waals surface area contributed by atoms with Gasteiger partial charge >= 0.3 is 0 Å². The van der Waals surface area contributed by atoms with Gasteiger partial charge in [0.15, 0.2) is 0 Å². The number of hydrogen-bond donors (Lipinski definition) is 0. The van der Waals surface area contributed by atoms with Crippen LogP contribution in [0.25, 0.3) is 0 Å². The molecule has 0 fully saturated rings. The summed E-state index contributed by atoms with van der Waals surface area (Å²) < 4.78 is 14.7. The van der Waals surface area contributed by atoms with E-state index in [-0.39, 0.29) is 24.6 Å². The number of hydrogen-bond acceptors (Lipinski definition) is 2. The predicted octanol–water partition coefficient (Wildman–Crippen LogP) is 4.15. The Balaban J connectivity index is 2.39. The Kier molecular flexibility index (Phi) is 5.07. The summed E-state index contributed by atoms with van der Waals surface area (Å²) in [5, 5.41) is 8.74. The number of halogens is 2. The first-order chi connectivity index (χ1) is 10.1. The Morgan fingerprint density at radius 3 is 2.67 bits per heavy atom. The van der Waals surface area contributed by atoms with Crippen molar-refractivity contribution in [1.82, 2.24) is 0 Å². The van der Waals surface area contributed by atoms with E-state index < -0.39 is 5.82 Å². The van der Waals surface area contributed by atoms with Gasteiger partial charge in [0, 0.05) is 16.6 Å². The van der Waals surface area contributed by atoms with Crippen LogP contribution in [-0.2, 0) is 0 Å². The van der Waals surface area contributed by atoms with Gasteiger partial charge in [-0.15, -0.1) is 0 Å². The van der Waals surface area contributed by atoms with Crippen molar-refractivity contribution in [3.63, 3.8) is 0 Å². The number of anilines is 1. The second-order valence-electron chi connectivity index (χ2n) is 4.33. The third-order valence-electron chi connectivity index (χ3n) is 2.91. The fourth-order valence-corrected chi connectivity index (χ4v) is 2.34. The van der Waals surface area contributed by atoms with E-state index in [0.29, 0.717) is 5.56 Å². The molecule has 0 saturated carbocycles. The first-order valence-electron chi connectivity index (χ1n) is 6.32. The molecule has 0 aliphatic heterocycles. The number of para-hydroxylation sites is 1.